The molecule has 2 N–H and O–H groups in total. The van der Waals surface area contributed by atoms with E-state index in [0.29, 0.717) is 32.5 Å². The molecule has 122 valence electrons. The molecule has 0 aliphatic carbocycles. The second-order valence-corrected chi connectivity index (χ2v) is 6.04. The van der Waals surface area contributed by atoms with Gasteiger partial charge >= 0.3 is 12.0 Å². The predicted molar refractivity (Wildman–Crippen MR) is 77.3 cm³/mol. The van der Waals surface area contributed by atoms with Crippen LogP contribution in [0.2, 0.25) is 0 Å². The number of amides is 2. The van der Waals surface area contributed by atoms with Crippen LogP contribution in [0.25, 0.3) is 0 Å². The number of nitrogens with zero attached hydrogens (tertiary/aromatic N) is 1. The third-order valence-corrected chi connectivity index (χ3v) is 3.29. The van der Waals surface area contributed by atoms with E-state index in [1.807, 2.05) is 20.8 Å². The molecule has 0 aromatic carbocycles. The number of ether oxygens (including phenoxy) is 2. The molecule has 0 aromatic heterocycles. The largest absolute Gasteiger partial charge is 0.480 e. The third kappa shape index (κ3) is 5.89. The van der Waals surface area contributed by atoms with Crippen molar-refractivity contribution in [2.75, 3.05) is 26.8 Å². The first-order valence-electron chi connectivity index (χ1n) is 7.20. The Bertz CT molecular complexity index is 372. The number of rotatable bonds is 6. The lowest BCUT2D eigenvalue weighted by Crippen LogP contribution is -2.58. The van der Waals surface area contributed by atoms with Crippen LogP contribution in [0.1, 0.15) is 33.6 Å². The zero-order valence-corrected chi connectivity index (χ0v) is 13.2. The van der Waals surface area contributed by atoms with Gasteiger partial charge in [-0.05, 0) is 33.6 Å². The van der Waals surface area contributed by atoms with Crippen LogP contribution in [0.5, 0.6) is 0 Å². The van der Waals surface area contributed by atoms with Crippen LogP contribution in [0.3, 0.4) is 0 Å². The van der Waals surface area contributed by atoms with Gasteiger partial charge in [0.1, 0.15) is 6.04 Å². The minimum absolute atomic E-state index is 0.0729. The van der Waals surface area contributed by atoms with Gasteiger partial charge in [0.25, 0.3) is 0 Å². The van der Waals surface area contributed by atoms with Crippen molar-refractivity contribution in [3.05, 3.63) is 0 Å². The van der Waals surface area contributed by atoms with Crippen LogP contribution in [0.4, 0.5) is 4.79 Å². The Morgan fingerprint density at radius 3 is 2.71 bits per heavy atom. The van der Waals surface area contributed by atoms with Crippen molar-refractivity contribution in [1.29, 1.82) is 0 Å². The number of urea groups is 1. The summed E-state index contributed by atoms with van der Waals surface area (Å²) in [5.41, 5.74) is -0.427. The first-order valence-corrected chi connectivity index (χ1v) is 7.20. The summed E-state index contributed by atoms with van der Waals surface area (Å²) in [6, 6.07) is -1.25. The van der Waals surface area contributed by atoms with Crippen LogP contribution in [0.15, 0.2) is 0 Å². The number of morpholine rings is 1. The molecule has 0 saturated carbocycles. The molecule has 0 aromatic rings. The van der Waals surface area contributed by atoms with Crippen molar-refractivity contribution in [3.63, 3.8) is 0 Å². The summed E-state index contributed by atoms with van der Waals surface area (Å²) in [5, 5.41) is 11.8. The average Bonchev–Trinajstić information content (AvgIpc) is 2.34. The van der Waals surface area contributed by atoms with Crippen molar-refractivity contribution in [2.45, 2.75) is 51.4 Å². The smallest absolute Gasteiger partial charge is 0.326 e. The van der Waals surface area contributed by atoms with Crippen LogP contribution in [0, 0.1) is 0 Å². The summed E-state index contributed by atoms with van der Waals surface area (Å²) >= 11 is 0. The van der Waals surface area contributed by atoms with Gasteiger partial charge < -0.3 is 24.8 Å². The van der Waals surface area contributed by atoms with Crippen molar-refractivity contribution < 1.29 is 24.2 Å². The maximum absolute atomic E-state index is 12.2. The molecule has 0 radical (unpaired) electrons. The predicted octanol–water partition coefficient (Wildman–Crippen LogP) is 1.08. The molecule has 1 aliphatic rings. The van der Waals surface area contributed by atoms with E-state index in [-0.39, 0.29) is 12.1 Å². The third-order valence-electron chi connectivity index (χ3n) is 3.29. The fourth-order valence-corrected chi connectivity index (χ4v) is 2.54. The van der Waals surface area contributed by atoms with Gasteiger partial charge in [0, 0.05) is 20.3 Å². The average molecular weight is 302 g/mol. The molecule has 7 heteroatoms. The molecular weight excluding hydrogens is 276 g/mol. The highest BCUT2D eigenvalue weighted by atomic mass is 16.5. The SMILES string of the molecule is COCCCC(NC(=O)N1CC(C)OC(C)(C)C1)C(=O)O. The monoisotopic (exact) mass is 302 g/mol. The van der Waals surface area contributed by atoms with E-state index in [1.165, 1.54) is 0 Å². The summed E-state index contributed by atoms with van der Waals surface area (Å²) in [4.78, 5) is 25.1. The molecule has 0 bridgehead atoms. The fourth-order valence-electron chi connectivity index (χ4n) is 2.54. The van der Waals surface area contributed by atoms with Crippen LogP contribution < -0.4 is 5.32 Å². The summed E-state index contributed by atoms with van der Waals surface area (Å²) < 4.78 is 10.6. The van der Waals surface area contributed by atoms with Crippen LogP contribution in [-0.2, 0) is 14.3 Å². The van der Waals surface area contributed by atoms with E-state index in [4.69, 9.17) is 9.47 Å². The quantitative estimate of drug-likeness (QED) is 0.717. The molecule has 2 atom stereocenters. The number of carbonyl (C=O) groups is 2. The maximum atomic E-state index is 12.2. The standard InChI is InChI=1S/C14H26N2O5/c1-10-8-16(9-14(2,3)21-10)13(19)15-11(12(17)18)6-5-7-20-4/h10-11H,5-9H2,1-4H3,(H,15,19)(H,17,18). The Kier molecular flexibility index (Phi) is 6.42. The lowest BCUT2D eigenvalue weighted by Gasteiger charge is -2.41. The number of methoxy groups -OCH3 is 1. The Morgan fingerprint density at radius 1 is 1.52 bits per heavy atom. The molecule has 1 saturated heterocycles. The van der Waals surface area contributed by atoms with Gasteiger partial charge in [-0.2, -0.15) is 0 Å². The van der Waals surface area contributed by atoms with Gasteiger partial charge in [0.05, 0.1) is 18.2 Å². The lowest BCUT2D eigenvalue weighted by molar-refractivity contribution is -0.139. The fraction of sp³-hybridized carbons (Fsp3) is 0.857. The number of hydrogen-bond acceptors (Lipinski definition) is 4. The van der Waals surface area contributed by atoms with Gasteiger partial charge in [-0.1, -0.05) is 0 Å². The lowest BCUT2D eigenvalue weighted by atomic mass is 10.1. The highest BCUT2D eigenvalue weighted by molar-refractivity contribution is 5.82. The second-order valence-electron chi connectivity index (χ2n) is 6.04. The van der Waals surface area contributed by atoms with Crippen molar-refractivity contribution >= 4 is 12.0 Å². The number of hydrogen-bond donors (Lipinski definition) is 2. The Hall–Kier alpha value is -1.34. The minimum Gasteiger partial charge on any atom is -0.480 e. The number of carboxylic acids is 1. The van der Waals surface area contributed by atoms with E-state index in [2.05, 4.69) is 5.32 Å². The number of aliphatic carboxylic acids is 1. The van der Waals surface area contributed by atoms with Crippen molar-refractivity contribution in [3.8, 4) is 0 Å². The van der Waals surface area contributed by atoms with E-state index in [9.17, 15) is 14.7 Å². The first kappa shape index (κ1) is 17.7. The van der Waals surface area contributed by atoms with Gasteiger partial charge in [-0.3, -0.25) is 0 Å². The zero-order chi connectivity index (χ0) is 16.0. The van der Waals surface area contributed by atoms with Crippen LogP contribution >= 0.6 is 0 Å². The van der Waals surface area contributed by atoms with E-state index in [1.54, 1.807) is 12.0 Å². The number of carbonyl (C=O) groups excluding carboxylic acids is 1. The second kappa shape index (κ2) is 7.61. The molecule has 1 fully saturated rings. The van der Waals surface area contributed by atoms with E-state index in [0.717, 1.165) is 0 Å². The maximum Gasteiger partial charge on any atom is 0.326 e. The zero-order valence-electron chi connectivity index (χ0n) is 13.2. The summed E-state index contributed by atoms with van der Waals surface area (Å²) in [6.07, 6.45) is 0.855. The highest BCUT2D eigenvalue weighted by Crippen LogP contribution is 2.20. The summed E-state index contributed by atoms with van der Waals surface area (Å²) in [7, 11) is 1.56. The molecule has 7 nitrogen and oxygen atoms in total. The topological polar surface area (TPSA) is 88.1 Å². The van der Waals surface area contributed by atoms with Gasteiger partial charge in [-0.25, -0.2) is 9.59 Å². The highest BCUT2D eigenvalue weighted by Gasteiger charge is 2.34. The van der Waals surface area contributed by atoms with Gasteiger partial charge in [0.2, 0.25) is 0 Å². The number of carboxylic acid groups (broad SMARTS) is 1. The van der Waals surface area contributed by atoms with Gasteiger partial charge in [0.15, 0.2) is 0 Å². The van der Waals surface area contributed by atoms with E-state index < -0.39 is 17.6 Å². The molecule has 0 spiro atoms. The Balaban J connectivity index is 2.58. The summed E-state index contributed by atoms with van der Waals surface area (Å²) in [5.74, 6) is -1.03. The molecule has 1 rings (SSSR count). The molecule has 21 heavy (non-hydrogen) atoms. The molecular formula is C14H26N2O5. The molecule has 2 unspecified atom stereocenters. The minimum atomic E-state index is -1.03. The van der Waals surface area contributed by atoms with Crippen molar-refractivity contribution in [1.82, 2.24) is 10.2 Å². The normalized spacial score (nSPS) is 22.7. The number of nitrogens with one attached hydrogen (secondary N) is 1. The first-order chi connectivity index (χ1) is 9.75. The summed E-state index contributed by atoms with van der Waals surface area (Å²) in [6.45, 7) is 7.09. The Labute approximate surface area is 125 Å². The van der Waals surface area contributed by atoms with Crippen molar-refractivity contribution in [2.24, 2.45) is 0 Å². The molecule has 1 aliphatic heterocycles. The molecule has 2 amide bonds. The van der Waals surface area contributed by atoms with E-state index >= 15 is 0 Å². The Morgan fingerprint density at radius 2 is 2.19 bits per heavy atom. The molecule has 1 heterocycles. The van der Waals surface area contributed by atoms with Gasteiger partial charge in [-0.15, -0.1) is 0 Å². The van der Waals surface area contributed by atoms with Crippen LogP contribution in [-0.4, -0.2) is 66.6 Å².